The average Bonchev–Trinajstić information content (AvgIpc) is 3.11. The van der Waals surface area contributed by atoms with Crippen LogP contribution in [0.2, 0.25) is 0 Å². The first-order valence-corrected chi connectivity index (χ1v) is 9.26. The number of nitrogens with one attached hydrogen (secondary N) is 1. The van der Waals surface area contributed by atoms with Gasteiger partial charge in [-0.25, -0.2) is 13.1 Å². The summed E-state index contributed by atoms with van der Waals surface area (Å²) in [6.07, 6.45) is 0. The van der Waals surface area contributed by atoms with Crippen molar-refractivity contribution >= 4 is 10.0 Å². The Kier molecular flexibility index (Phi) is 5.19. The number of hydrogen-bond donors (Lipinski definition) is 1. The minimum Gasteiger partial charge on any atom is -0.358 e. The first-order valence-electron chi connectivity index (χ1n) is 7.77. The first kappa shape index (κ1) is 18.5. The third-order valence-electron chi connectivity index (χ3n) is 3.83. The lowest BCUT2D eigenvalue weighted by Crippen LogP contribution is -2.18. The monoisotopic (exact) mass is 389 g/mol. The molecular formula is C17H15N3O6S. The van der Waals surface area contributed by atoms with Crippen molar-refractivity contribution in [1.29, 1.82) is 0 Å². The van der Waals surface area contributed by atoms with Crippen molar-refractivity contribution in [2.45, 2.75) is 11.5 Å². The van der Waals surface area contributed by atoms with Gasteiger partial charge in [0.2, 0.25) is 10.0 Å². The Morgan fingerprint density at radius 3 is 2.37 bits per heavy atom. The fourth-order valence-corrected chi connectivity index (χ4v) is 3.27. The molecule has 0 saturated carbocycles. The van der Waals surface area contributed by atoms with Crippen LogP contribution in [0.5, 0.6) is 0 Å². The van der Waals surface area contributed by atoms with Crippen molar-refractivity contribution in [3.05, 3.63) is 70.5 Å². The van der Waals surface area contributed by atoms with Crippen LogP contribution < -0.4 is 4.72 Å². The normalized spacial score (nSPS) is 11.3. The van der Waals surface area contributed by atoms with Gasteiger partial charge in [-0.05, 0) is 24.7 Å². The van der Waals surface area contributed by atoms with E-state index >= 15 is 0 Å². The summed E-state index contributed by atoms with van der Waals surface area (Å²) in [7, 11) is -2.26. The summed E-state index contributed by atoms with van der Waals surface area (Å²) >= 11 is 0. The van der Waals surface area contributed by atoms with E-state index in [4.69, 9.17) is 4.52 Å². The Morgan fingerprint density at radius 1 is 1.11 bits per heavy atom. The molecule has 10 heteroatoms. The molecule has 0 aliphatic carbocycles. The molecule has 0 unspecified atom stereocenters. The van der Waals surface area contributed by atoms with Crippen LogP contribution in [0.3, 0.4) is 0 Å². The first-order chi connectivity index (χ1) is 12.9. The van der Waals surface area contributed by atoms with Crippen molar-refractivity contribution in [2.24, 2.45) is 0 Å². The molecule has 140 valence electrons. The molecule has 3 aromatic rings. The molecule has 1 N–H and O–H groups in total. The van der Waals surface area contributed by atoms with Crippen LogP contribution in [-0.2, 0) is 21.5 Å². The van der Waals surface area contributed by atoms with E-state index in [2.05, 4.69) is 14.7 Å². The summed E-state index contributed by atoms with van der Waals surface area (Å²) in [5.41, 5.74) is 2.31. The maximum Gasteiger partial charge on any atom is 0.294 e. The zero-order chi connectivity index (χ0) is 19.4. The molecule has 0 spiro atoms. The molecule has 1 aromatic heterocycles. The second kappa shape index (κ2) is 7.56. The molecule has 0 aliphatic rings. The Balaban J connectivity index is 2.09. The second-order valence-corrected chi connectivity index (χ2v) is 7.31. The minimum absolute atomic E-state index is 0.0922. The highest BCUT2D eigenvalue weighted by Crippen LogP contribution is 2.35. The Bertz CT molecular complexity index is 1050. The maximum absolute atomic E-state index is 11.9. The van der Waals surface area contributed by atoms with Gasteiger partial charge in [0.25, 0.3) is 5.09 Å². The fraction of sp³-hybridized carbons (Fsp3) is 0.118. The molecule has 3 rings (SSSR count). The lowest BCUT2D eigenvalue weighted by Gasteiger charge is -2.07. The van der Waals surface area contributed by atoms with E-state index in [9.17, 15) is 18.5 Å². The zero-order valence-corrected chi connectivity index (χ0v) is 15.0. The summed E-state index contributed by atoms with van der Waals surface area (Å²) in [5, 5.41) is 13.6. The van der Waals surface area contributed by atoms with Crippen molar-refractivity contribution in [2.75, 3.05) is 7.05 Å². The van der Waals surface area contributed by atoms with Gasteiger partial charge < -0.3 is 9.36 Å². The number of aromatic nitrogens is 1. The largest absolute Gasteiger partial charge is 0.358 e. The van der Waals surface area contributed by atoms with Gasteiger partial charge in [-0.3, -0.25) is 0 Å². The number of benzene rings is 2. The minimum atomic E-state index is -3.58. The molecule has 0 fully saturated rings. The van der Waals surface area contributed by atoms with Gasteiger partial charge in [-0.1, -0.05) is 47.6 Å². The third kappa shape index (κ3) is 3.96. The number of nitrogens with zero attached hydrogens (tertiary/aromatic N) is 2. The standard InChI is InChI=1S/C17H15N3O6S/c1-18-27(23,24)14-9-7-12(8-10-14)16-15(11-25-20(21)22)26-19-17(16)13-5-3-2-4-6-13/h2-10,18H,11H2,1H3. The number of rotatable bonds is 7. The van der Waals surface area contributed by atoms with Gasteiger partial charge in [0, 0.05) is 5.56 Å². The van der Waals surface area contributed by atoms with E-state index in [0.717, 1.165) is 5.56 Å². The van der Waals surface area contributed by atoms with Gasteiger partial charge in [-0.15, -0.1) is 10.1 Å². The topological polar surface area (TPSA) is 125 Å². The molecule has 27 heavy (non-hydrogen) atoms. The molecule has 0 radical (unpaired) electrons. The van der Waals surface area contributed by atoms with Gasteiger partial charge in [0.05, 0.1) is 10.5 Å². The lowest BCUT2D eigenvalue weighted by atomic mass is 9.99. The van der Waals surface area contributed by atoms with E-state index in [1.54, 1.807) is 12.1 Å². The second-order valence-electron chi connectivity index (χ2n) is 5.42. The fourth-order valence-electron chi connectivity index (χ4n) is 2.54. The van der Waals surface area contributed by atoms with Crippen LogP contribution in [0.4, 0.5) is 0 Å². The van der Waals surface area contributed by atoms with E-state index in [1.165, 1.54) is 19.2 Å². The highest BCUT2D eigenvalue weighted by atomic mass is 32.2. The number of hydrogen-bond acceptors (Lipinski definition) is 7. The van der Waals surface area contributed by atoms with E-state index in [-0.39, 0.29) is 10.7 Å². The van der Waals surface area contributed by atoms with E-state index < -0.39 is 21.7 Å². The molecular weight excluding hydrogens is 374 g/mol. The molecule has 1 heterocycles. The molecule has 0 saturated heterocycles. The van der Waals surface area contributed by atoms with Gasteiger partial charge in [-0.2, -0.15) is 0 Å². The molecule has 0 amide bonds. The number of sulfonamides is 1. The van der Waals surface area contributed by atoms with Crippen LogP contribution in [0.25, 0.3) is 22.4 Å². The van der Waals surface area contributed by atoms with Crippen LogP contribution in [-0.4, -0.2) is 25.7 Å². The molecule has 0 aliphatic heterocycles. The van der Waals surface area contributed by atoms with Crippen LogP contribution in [0, 0.1) is 10.1 Å². The highest BCUT2D eigenvalue weighted by molar-refractivity contribution is 7.89. The quantitative estimate of drug-likeness (QED) is 0.486. The Hall–Kier alpha value is -3.24. The highest BCUT2D eigenvalue weighted by Gasteiger charge is 2.21. The SMILES string of the molecule is CNS(=O)(=O)c1ccc(-c2c(-c3ccccc3)noc2CO[N+](=O)[O-])cc1. The van der Waals surface area contributed by atoms with Gasteiger partial charge in [0.15, 0.2) is 12.4 Å². The summed E-state index contributed by atoms with van der Waals surface area (Å²) in [4.78, 5) is 15.0. The Labute approximate surface area is 154 Å². The van der Waals surface area contributed by atoms with E-state index in [0.29, 0.717) is 16.8 Å². The maximum atomic E-state index is 11.9. The van der Waals surface area contributed by atoms with E-state index in [1.807, 2.05) is 30.3 Å². The van der Waals surface area contributed by atoms with Crippen LogP contribution in [0.1, 0.15) is 5.76 Å². The van der Waals surface area contributed by atoms with Crippen molar-refractivity contribution in [3.63, 3.8) is 0 Å². The predicted molar refractivity (Wildman–Crippen MR) is 95.4 cm³/mol. The zero-order valence-electron chi connectivity index (χ0n) is 14.2. The van der Waals surface area contributed by atoms with Crippen molar-refractivity contribution in [3.8, 4) is 22.4 Å². The lowest BCUT2D eigenvalue weighted by molar-refractivity contribution is -0.763. The summed E-state index contributed by atoms with van der Waals surface area (Å²) < 4.78 is 31.3. The Morgan fingerprint density at radius 2 is 1.78 bits per heavy atom. The van der Waals surface area contributed by atoms with Crippen LogP contribution >= 0.6 is 0 Å². The van der Waals surface area contributed by atoms with Gasteiger partial charge in [0.1, 0.15) is 5.69 Å². The summed E-state index contributed by atoms with van der Waals surface area (Å²) in [6, 6.07) is 15.2. The van der Waals surface area contributed by atoms with Crippen molar-refractivity contribution in [1.82, 2.24) is 9.88 Å². The third-order valence-corrected chi connectivity index (χ3v) is 5.26. The average molecular weight is 389 g/mol. The van der Waals surface area contributed by atoms with Gasteiger partial charge >= 0.3 is 0 Å². The molecule has 0 bridgehead atoms. The predicted octanol–water partition coefficient (Wildman–Crippen LogP) is 2.63. The molecule has 0 atom stereocenters. The van der Waals surface area contributed by atoms with Crippen molar-refractivity contribution < 1.29 is 22.9 Å². The molecule has 2 aromatic carbocycles. The summed E-state index contributed by atoms with van der Waals surface area (Å²) in [6.45, 7) is -0.418. The molecule has 9 nitrogen and oxygen atoms in total. The van der Waals surface area contributed by atoms with Crippen LogP contribution in [0.15, 0.2) is 64.0 Å². The smallest absolute Gasteiger partial charge is 0.294 e. The summed E-state index contributed by atoms with van der Waals surface area (Å²) in [5.74, 6) is 0.162.